The number of ether oxygens (including phenoxy) is 3. The van der Waals surface area contributed by atoms with Gasteiger partial charge < -0.3 is 14.2 Å². The molecule has 0 heterocycles. The van der Waals surface area contributed by atoms with Gasteiger partial charge in [0.1, 0.15) is 11.5 Å². The SMILES string of the molecule is CC.CCOC(C)OCc1cc(Oc2ccc(C#N)cc2)ccc1Br. The van der Waals surface area contributed by atoms with Crippen molar-refractivity contribution in [2.75, 3.05) is 6.61 Å². The zero-order valence-electron chi connectivity index (χ0n) is 15.1. The van der Waals surface area contributed by atoms with Gasteiger partial charge >= 0.3 is 0 Å². The molecule has 0 saturated heterocycles. The fourth-order valence-electron chi connectivity index (χ4n) is 1.95. The Morgan fingerprint density at radius 1 is 1.04 bits per heavy atom. The van der Waals surface area contributed by atoms with Crippen LogP contribution < -0.4 is 4.74 Å². The molecule has 0 spiro atoms. The predicted molar refractivity (Wildman–Crippen MR) is 103 cm³/mol. The molecule has 0 saturated carbocycles. The van der Waals surface area contributed by atoms with Gasteiger partial charge in [0.25, 0.3) is 0 Å². The van der Waals surface area contributed by atoms with Crippen molar-refractivity contribution in [3.8, 4) is 17.6 Å². The van der Waals surface area contributed by atoms with E-state index in [-0.39, 0.29) is 6.29 Å². The molecule has 0 aliphatic heterocycles. The van der Waals surface area contributed by atoms with Gasteiger partial charge in [0, 0.05) is 11.1 Å². The van der Waals surface area contributed by atoms with Crippen LogP contribution in [-0.2, 0) is 16.1 Å². The standard InChI is InChI=1S/C18H18BrNO3.C2H6/c1-3-21-13(2)22-12-15-10-17(8-9-18(15)19)23-16-6-4-14(11-20)5-7-16;1-2/h4-10,13H,3,12H2,1-2H3;1-2H3. The molecular formula is C20H24BrNO3. The zero-order valence-corrected chi connectivity index (χ0v) is 16.7. The fourth-order valence-corrected chi connectivity index (χ4v) is 2.31. The molecule has 134 valence electrons. The average molecular weight is 406 g/mol. The summed E-state index contributed by atoms with van der Waals surface area (Å²) in [6.07, 6.45) is -0.255. The number of halogens is 1. The highest BCUT2D eigenvalue weighted by atomic mass is 79.9. The summed E-state index contributed by atoms with van der Waals surface area (Å²) < 4.78 is 17.8. The lowest BCUT2D eigenvalue weighted by atomic mass is 10.2. The van der Waals surface area contributed by atoms with Crippen LogP contribution in [0.15, 0.2) is 46.9 Å². The van der Waals surface area contributed by atoms with Crippen LogP contribution in [0.5, 0.6) is 11.5 Å². The van der Waals surface area contributed by atoms with Crippen LogP contribution in [0, 0.1) is 11.3 Å². The normalized spacial score (nSPS) is 11.0. The van der Waals surface area contributed by atoms with E-state index >= 15 is 0 Å². The van der Waals surface area contributed by atoms with E-state index in [2.05, 4.69) is 22.0 Å². The van der Waals surface area contributed by atoms with Crippen LogP contribution in [0.4, 0.5) is 0 Å². The first-order valence-corrected chi connectivity index (χ1v) is 9.11. The Bertz CT molecular complexity index is 680. The Balaban J connectivity index is 0.00000151. The topological polar surface area (TPSA) is 51.5 Å². The molecule has 2 aromatic rings. The smallest absolute Gasteiger partial charge is 0.155 e. The van der Waals surface area contributed by atoms with E-state index in [1.165, 1.54) is 0 Å². The van der Waals surface area contributed by atoms with Crippen LogP contribution in [0.1, 0.15) is 38.8 Å². The number of hydrogen-bond donors (Lipinski definition) is 0. The molecule has 25 heavy (non-hydrogen) atoms. The maximum Gasteiger partial charge on any atom is 0.155 e. The van der Waals surface area contributed by atoms with Gasteiger partial charge in [0.15, 0.2) is 6.29 Å². The maximum atomic E-state index is 8.81. The van der Waals surface area contributed by atoms with Crippen molar-refractivity contribution in [2.24, 2.45) is 0 Å². The molecule has 4 nitrogen and oxygen atoms in total. The third kappa shape index (κ3) is 7.27. The summed E-state index contributed by atoms with van der Waals surface area (Å²) in [6, 6.07) is 14.8. The van der Waals surface area contributed by atoms with Gasteiger partial charge in [-0.05, 0) is 61.9 Å². The third-order valence-corrected chi connectivity index (χ3v) is 3.88. The molecule has 0 bridgehead atoms. The van der Waals surface area contributed by atoms with Crippen molar-refractivity contribution in [1.29, 1.82) is 5.26 Å². The summed E-state index contributed by atoms with van der Waals surface area (Å²) in [4.78, 5) is 0. The number of benzene rings is 2. The van der Waals surface area contributed by atoms with Crippen LogP contribution in [0.3, 0.4) is 0 Å². The van der Waals surface area contributed by atoms with E-state index < -0.39 is 0 Å². The number of hydrogen-bond acceptors (Lipinski definition) is 4. The first-order chi connectivity index (χ1) is 12.1. The largest absolute Gasteiger partial charge is 0.457 e. The van der Waals surface area contributed by atoms with E-state index in [0.717, 1.165) is 10.0 Å². The second kappa shape index (κ2) is 11.6. The van der Waals surface area contributed by atoms with Crippen molar-refractivity contribution < 1.29 is 14.2 Å². The van der Waals surface area contributed by atoms with E-state index in [0.29, 0.717) is 30.3 Å². The zero-order chi connectivity index (χ0) is 18.7. The first kappa shape index (κ1) is 21.2. The first-order valence-electron chi connectivity index (χ1n) is 8.32. The van der Waals surface area contributed by atoms with Gasteiger partial charge in [-0.1, -0.05) is 29.8 Å². The highest BCUT2D eigenvalue weighted by Crippen LogP contribution is 2.27. The van der Waals surface area contributed by atoms with Gasteiger partial charge in [-0.2, -0.15) is 5.26 Å². The van der Waals surface area contributed by atoms with Gasteiger partial charge in [-0.15, -0.1) is 0 Å². The fraction of sp³-hybridized carbons (Fsp3) is 0.350. The molecule has 1 atom stereocenters. The highest BCUT2D eigenvalue weighted by molar-refractivity contribution is 9.10. The minimum Gasteiger partial charge on any atom is -0.457 e. The van der Waals surface area contributed by atoms with E-state index in [4.69, 9.17) is 19.5 Å². The molecule has 0 amide bonds. The molecule has 1 unspecified atom stereocenters. The summed E-state index contributed by atoms with van der Waals surface area (Å²) in [5.74, 6) is 1.39. The Hall–Kier alpha value is -1.87. The lowest BCUT2D eigenvalue weighted by Crippen LogP contribution is -2.12. The molecule has 0 aliphatic carbocycles. The Labute approximate surface area is 158 Å². The predicted octanol–water partition coefficient (Wildman–Crippen LogP) is 6.04. The molecule has 2 rings (SSSR count). The molecule has 0 N–H and O–H groups in total. The molecule has 0 fully saturated rings. The van der Waals surface area contributed by atoms with Gasteiger partial charge in [-0.25, -0.2) is 0 Å². The van der Waals surface area contributed by atoms with Gasteiger partial charge in [0.2, 0.25) is 0 Å². The van der Waals surface area contributed by atoms with Crippen molar-refractivity contribution in [2.45, 2.75) is 40.6 Å². The second-order valence-electron chi connectivity index (χ2n) is 4.83. The van der Waals surface area contributed by atoms with E-state index in [1.807, 2.05) is 45.9 Å². The molecule has 0 aliphatic rings. The molecule has 5 heteroatoms. The maximum absolute atomic E-state index is 8.81. The van der Waals surface area contributed by atoms with E-state index in [1.54, 1.807) is 24.3 Å². The summed E-state index contributed by atoms with van der Waals surface area (Å²) >= 11 is 3.51. The average Bonchev–Trinajstić information content (AvgIpc) is 2.64. The van der Waals surface area contributed by atoms with E-state index in [9.17, 15) is 0 Å². The Morgan fingerprint density at radius 3 is 2.28 bits per heavy atom. The highest BCUT2D eigenvalue weighted by Gasteiger charge is 2.07. The lowest BCUT2D eigenvalue weighted by molar-refractivity contribution is -0.134. The summed E-state index contributed by atoms with van der Waals surface area (Å²) in [6.45, 7) is 8.84. The second-order valence-corrected chi connectivity index (χ2v) is 5.68. The van der Waals surface area contributed by atoms with Gasteiger partial charge in [0.05, 0.1) is 18.2 Å². The molecule has 0 radical (unpaired) electrons. The number of rotatable bonds is 7. The van der Waals surface area contributed by atoms with Crippen LogP contribution in [-0.4, -0.2) is 12.9 Å². The summed E-state index contributed by atoms with van der Waals surface area (Å²) in [5, 5.41) is 8.81. The number of nitriles is 1. The van der Waals surface area contributed by atoms with Crippen LogP contribution >= 0.6 is 15.9 Å². The quantitative estimate of drug-likeness (QED) is 0.526. The van der Waals surface area contributed by atoms with Crippen molar-refractivity contribution in [3.63, 3.8) is 0 Å². The molecule has 0 aromatic heterocycles. The minimum atomic E-state index is -0.255. The summed E-state index contributed by atoms with van der Waals surface area (Å²) in [7, 11) is 0. The van der Waals surface area contributed by atoms with Crippen molar-refractivity contribution >= 4 is 15.9 Å². The lowest BCUT2D eigenvalue weighted by Gasteiger charge is -2.14. The Kier molecular flexibility index (Phi) is 9.86. The third-order valence-electron chi connectivity index (χ3n) is 3.11. The van der Waals surface area contributed by atoms with Gasteiger partial charge in [-0.3, -0.25) is 0 Å². The van der Waals surface area contributed by atoms with Crippen molar-refractivity contribution in [3.05, 3.63) is 58.1 Å². The number of nitrogens with zero attached hydrogens (tertiary/aromatic N) is 1. The summed E-state index contributed by atoms with van der Waals surface area (Å²) in [5.41, 5.74) is 1.58. The molecular weight excluding hydrogens is 382 g/mol. The molecule has 2 aromatic carbocycles. The monoisotopic (exact) mass is 405 g/mol. The van der Waals surface area contributed by atoms with Crippen LogP contribution in [0.25, 0.3) is 0 Å². The van der Waals surface area contributed by atoms with Crippen molar-refractivity contribution in [1.82, 2.24) is 0 Å². The minimum absolute atomic E-state index is 0.255. The Morgan fingerprint density at radius 2 is 1.68 bits per heavy atom. The van der Waals surface area contributed by atoms with Crippen LogP contribution in [0.2, 0.25) is 0 Å².